The van der Waals surface area contributed by atoms with Gasteiger partial charge in [0.15, 0.2) is 0 Å². The minimum absolute atomic E-state index is 0.143. The van der Waals surface area contributed by atoms with E-state index in [1.54, 1.807) is 26.2 Å². The van der Waals surface area contributed by atoms with Crippen LogP contribution in [0.15, 0.2) is 42.5 Å². The number of hydrogen-bond donors (Lipinski definition) is 2. The predicted molar refractivity (Wildman–Crippen MR) is 96.2 cm³/mol. The summed E-state index contributed by atoms with van der Waals surface area (Å²) in [5.74, 6) is -0.853. The maximum atomic E-state index is 13.0. The van der Waals surface area contributed by atoms with Crippen LogP contribution in [0.5, 0.6) is 0 Å². The zero-order valence-electron chi connectivity index (χ0n) is 14.0. The number of benzene rings is 2. The Hall–Kier alpha value is -2.44. The molecule has 0 atom stereocenters. The normalized spacial score (nSPS) is 10.6. The number of hydrogen-bond acceptors (Lipinski definition) is 3. The van der Waals surface area contributed by atoms with Crippen LogP contribution in [0.2, 0.25) is 5.02 Å². The summed E-state index contributed by atoms with van der Waals surface area (Å²) in [6, 6.07) is 11.0. The van der Waals surface area contributed by atoms with Crippen molar-refractivity contribution in [2.24, 2.45) is 0 Å². The zero-order valence-corrected chi connectivity index (χ0v) is 14.7. The molecular formula is C18H19ClFN3O2. The molecule has 0 aliphatic rings. The molecular weight excluding hydrogens is 345 g/mol. The van der Waals surface area contributed by atoms with Crippen molar-refractivity contribution < 1.29 is 14.0 Å². The lowest BCUT2D eigenvalue weighted by molar-refractivity contribution is -0.117. The van der Waals surface area contributed by atoms with Crippen molar-refractivity contribution in [1.29, 1.82) is 0 Å². The summed E-state index contributed by atoms with van der Waals surface area (Å²) in [6.45, 7) is 0.684. The summed E-state index contributed by atoms with van der Waals surface area (Å²) in [4.78, 5) is 25.4. The number of nitrogens with zero attached hydrogens (tertiary/aromatic N) is 1. The molecule has 5 nitrogen and oxygen atoms in total. The second-order valence-electron chi connectivity index (χ2n) is 5.62. The van der Waals surface area contributed by atoms with Gasteiger partial charge in [-0.15, -0.1) is 0 Å². The van der Waals surface area contributed by atoms with Crippen molar-refractivity contribution in [2.45, 2.75) is 6.54 Å². The summed E-state index contributed by atoms with van der Waals surface area (Å²) < 4.78 is 13.0. The Morgan fingerprint density at radius 1 is 1.16 bits per heavy atom. The summed E-state index contributed by atoms with van der Waals surface area (Å²) in [6.07, 6.45) is 0. The highest BCUT2D eigenvalue weighted by molar-refractivity contribution is 6.33. The van der Waals surface area contributed by atoms with Crippen molar-refractivity contribution in [1.82, 2.24) is 10.2 Å². The van der Waals surface area contributed by atoms with E-state index in [0.29, 0.717) is 17.8 Å². The Bertz CT molecular complexity index is 765. The average Bonchev–Trinajstić information content (AvgIpc) is 2.57. The van der Waals surface area contributed by atoms with Crippen molar-refractivity contribution in [3.63, 3.8) is 0 Å². The maximum absolute atomic E-state index is 13.0. The first-order valence-electron chi connectivity index (χ1n) is 7.63. The molecule has 0 aliphatic carbocycles. The molecule has 2 aromatic rings. The number of carbonyl (C=O) groups excluding carboxylic acids is 2. The third-order valence-corrected chi connectivity index (χ3v) is 3.83. The quantitative estimate of drug-likeness (QED) is 0.829. The summed E-state index contributed by atoms with van der Waals surface area (Å²) >= 11 is 5.89. The van der Waals surface area contributed by atoms with Gasteiger partial charge in [0.2, 0.25) is 5.91 Å². The molecule has 2 aromatic carbocycles. The van der Waals surface area contributed by atoms with E-state index in [2.05, 4.69) is 10.6 Å². The molecule has 0 radical (unpaired) electrons. The van der Waals surface area contributed by atoms with E-state index < -0.39 is 5.82 Å². The van der Waals surface area contributed by atoms with Crippen LogP contribution in [-0.2, 0) is 11.3 Å². The second-order valence-corrected chi connectivity index (χ2v) is 6.03. The molecule has 0 heterocycles. The standard InChI is InChI=1S/C18H19ClFN3O2/c1-21-18(25)13-5-3-12(4-6-13)10-23(2)11-17(24)22-16-8-7-14(20)9-15(16)19/h3-9H,10-11H2,1-2H3,(H,21,25)(H,22,24). The number of halogens is 2. The summed E-state index contributed by atoms with van der Waals surface area (Å²) in [7, 11) is 3.38. The van der Waals surface area contributed by atoms with Crippen molar-refractivity contribution in [3.8, 4) is 0 Å². The van der Waals surface area contributed by atoms with Crippen LogP contribution >= 0.6 is 11.6 Å². The molecule has 2 N–H and O–H groups in total. The third kappa shape index (κ3) is 5.55. The van der Waals surface area contributed by atoms with E-state index in [9.17, 15) is 14.0 Å². The highest BCUT2D eigenvalue weighted by atomic mass is 35.5. The average molecular weight is 364 g/mol. The Balaban J connectivity index is 1.89. The van der Waals surface area contributed by atoms with Gasteiger partial charge in [0.25, 0.3) is 5.91 Å². The van der Waals surface area contributed by atoms with Crippen molar-refractivity contribution in [3.05, 3.63) is 64.4 Å². The number of rotatable bonds is 6. The molecule has 25 heavy (non-hydrogen) atoms. The van der Waals surface area contributed by atoms with Gasteiger partial charge < -0.3 is 10.6 Å². The van der Waals surface area contributed by atoms with E-state index in [0.717, 1.165) is 11.6 Å². The first kappa shape index (κ1) is 18.9. The van der Waals surface area contributed by atoms with E-state index in [1.807, 2.05) is 17.0 Å². The number of carbonyl (C=O) groups is 2. The lowest BCUT2D eigenvalue weighted by Gasteiger charge is -2.17. The van der Waals surface area contributed by atoms with Crippen LogP contribution in [0.3, 0.4) is 0 Å². The first-order chi connectivity index (χ1) is 11.9. The van der Waals surface area contributed by atoms with E-state index in [1.165, 1.54) is 12.1 Å². The molecule has 132 valence electrons. The number of amides is 2. The smallest absolute Gasteiger partial charge is 0.251 e. The molecule has 0 spiro atoms. The minimum atomic E-state index is -0.458. The maximum Gasteiger partial charge on any atom is 0.251 e. The van der Waals surface area contributed by atoms with E-state index in [4.69, 9.17) is 11.6 Å². The molecule has 2 rings (SSSR count). The van der Waals surface area contributed by atoms with Crippen molar-refractivity contribution in [2.75, 3.05) is 26.0 Å². The first-order valence-corrected chi connectivity index (χ1v) is 8.01. The third-order valence-electron chi connectivity index (χ3n) is 3.51. The molecule has 0 bridgehead atoms. The Morgan fingerprint density at radius 2 is 1.84 bits per heavy atom. The molecule has 0 fully saturated rings. The molecule has 2 amide bonds. The van der Waals surface area contributed by atoms with Gasteiger partial charge in [0, 0.05) is 19.2 Å². The Morgan fingerprint density at radius 3 is 2.44 bits per heavy atom. The summed E-state index contributed by atoms with van der Waals surface area (Å²) in [5, 5.41) is 5.37. The van der Waals surface area contributed by atoms with Gasteiger partial charge in [-0.1, -0.05) is 23.7 Å². The fourth-order valence-corrected chi connectivity index (χ4v) is 2.51. The van der Waals surface area contributed by atoms with Crippen molar-refractivity contribution >= 4 is 29.1 Å². The van der Waals surface area contributed by atoms with Gasteiger partial charge in [-0.25, -0.2) is 4.39 Å². The fraction of sp³-hybridized carbons (Fsp3) is 0.222. The molecule has 0 aromatic heterocycles. The van der Waals surface area contributed by atoms with E-state index >= 15 is 0 Å². The minimum Gasteiger partial charge on any atom is -0.355 e. The lowest BCUT2D eigenvalue weighted by Crippen LogP contribution is -2.30. The largest absolute Gasteiger partial charge is 0.355 e. The molecule has 0 saturated carbocycles. The van der Waals surface area contributed by atoms with Crippen LogP contribution in [0.1, 0.15) is 15.9 Å². The second kappa shape index (κ2) is 8.60. The molecule has 7 heteroatoms. The van der Waals surface area contributed by atoms with Gasteiger partial charge in [0.05, 0.1) is 17.3 Å². The Kier molecular flexibility index (Phi) is 6.50. The molecule has 0 unspecified atom stereocenters. The number of anilines is 1. The van der Waals surface area contributed by atoms with Crippen LogP contribution in [-0.4, -0.2) is 37.4 Å². The van der Waals surface area contributed by atoms with Gasteiger partial charge in [0.1, 0.15) is 5.82 Å². The highest BCUT2D eigenvalue weighted by Gasteiger charge is 2.10. The van der Waals surface area contributed by atoms with Gasteiger partial charge >= 0.3 is 0 Å². The SMILES string of the molecule is CNC(=O)c1ccc(CN(C)CC(=O)Nc2ccc(F)cc2Cl)cc1. The number of nitrogens with one attached hydrogen (secondary N) is 2. The van der Waals surface area contributed by atoms with E-state index in [-0.39, 0.29) is 23.4 Å². The zero-order chi connectivity index (χ0) is 18.4. The fourth-order valence-electron chi connectivity index (χ4n) is 2.30. The van der Waals surface area contributed by atoms with Gasteiger partial charge in [-0.05, 0) is 42.9 Å². The van der Waals surface area contributed by atoms with Crippen LogP contribution < -0.4 is 10.6 Å². The topological polar surface area (TPSA) is 61.4 Å². The molecule has 0 saturated heterocycles. The number of likely N-dealkylation sites (N-methyl/N-ethyl adjacent to an activating group) is 1. The van der Waals surface area contributed by atoms with Crippen LogP contribution in [0.25, 0.3) is 0 Å². The lowest BCUT2D eigenvalue weighted by atomic mass is 10.1. The Labute approximate surface area is 150 Å². The molecule has 0 aliphatic heterocycles. The predicted octanol–water partition coefficient (Wildman–Crippen LogP) is 2.91. The van der Waals surface area contributed by atoms with Gasteiger partial charge in [-0.3, -0.25) is 14.5 Å². The van der Waals surface area contributed by atoms with Gasteiger partial charge in [-0.2, -0.15) is 0 Å². The van der Waals surface area contributed by atoms with Crippen LogP contribution in [0.4, 0.5) is 10.1 Å². The highest BCUT2D eigenvalue weighted by Crippen LogP contribution is 2.22. The van der Waals surface area contributed by atoms with Crippen LogP contribution in [0, 0.1) is 5.82 Å². The summed E-state index contributed by atoms with van der Waals surface area (Å²) in [5.41, 5.74) is 1.93. The monoisotopic (exact) mass is 363 g/mol.